The van der Waals surface area contributed by atoms with Crippen molar-refractivity contribution in [1.82, 2.24) is 19.9 Å². The molecule has 0 saturated carbocycles. The molecule has 0 radical (unpaired) electrons. The molecule has 1 unspecified atom stereocenters. The fourth-order valence-corrected chi connectivity index (χ4v) is 3.04. The van der Waals surface area contributed by atoms with E-state index in [1.807, 2.05) is 0 Å². The molecule has 3 N–H and O–H groups in total. The number of aryl methyl sites for hydroxylation is 2. The maximum absolute atomic E-state index is 13.6. The summed E-state index contributed by atoms with van der Waals surface area (Å²) in [7, 11) is 1.34. The maximum atomic E-state index is 13.6. The number of imidazole rings is 1. The van der Waals surface area contributed by atoms with Gasteiger partial charge in [0.05, 0.1) is 0 Å². The van der Waals surface area contributed by atoms with Crippen LogP contribution < -0.4 is 5.32 Å². The van der Waals surface area contributed by atoms with Crippen molar-refractivity contribution in [3.8, 4) is 0 Å². The Balaban J connectivity index is 1.75. The number of nitrogens with zero attached hydrogens (tertiary/aromatic N) is 2. The molecule has 3 aromatic rings. The van der Waals surface area contributed by atoms with Gasteiger partial charge < -0.3 is 20.0 Å². The summed E-state index contributed by atoms with van der Waals surface area (Å²) in [5.41, 5.74) is -2.24. The van der Waals surface area contributed by atoms with E-state index in [1.54, 1.807) is 6.92 Å². The molecular weight excluding hydrogens is 380 g/mol. The van der Waals surface area contributed by atoms with Gasteiger partial charge in [-0.15, -0.1) is 0 Å². The zero-order valence-electron chi connectivity index (χ0n) is 15.1. The minimum Gasteiger partial charge on any atom is -0.374 e. The number of alkyl halides is 3. The second-order valence-corrected chi connectivity index (χ2v) is 6.54. The molecule has 150 valence electrons. The molecule has 0 bridgehead atoms. The van der Waals surface area contributed by atoms with Gasteiger partial charge in [-0.1, -0.05) is 0 Å². The molecule has 3 rings (SSSR count). The Morgan fingerprint density at radius 2 is 2.07 bits per heavy atom. The number of amides is 1. The van der Waals surface area contributed by atoms with E-state index in [-0.39, 0.29) is 5.69 Å². The highest BCUT2D eigenvalue weighted by molar-refractivity contribution is 5.98. The van der Waals surface area contributed by atoms with Crippen LogP contribution in [0.2, 0.25) is 0 Å². The number of benzene rings is 1. The summed E-state index contributed by atoms with van der Waals surface area (Å²) in [4.78, 5) is 18.7. The number of halogens is 4. The molecule has 1 amide bonds. The number of aromatic nitrogens is 3. The maximum Gasteiger partial charge on any atom is 0.424 e. The van der Waals surface area contributed by atoms with Crippen LogP contribution in [-0.2, 0) is 12.6 Å². The Morgan fingerprint density at radius 1 is 1.36 bits per heavy atom. The van der Waals surface area contributed by atoms with Gasteiger partial charge in [-0.2, -0.15) is 13.2 Å². The zero-order chi connectivity index (χ0) is 20.7. The third-order valence-electron chi connectivity index (χ3n) is 4.68. The summed E-state index contributed by atoms with van der Waals surface area (Å²) in [6.07, 6.45) is -3.36. The highest BCUT2D eigenvalue weighted by Crippen LogP contribution is 2.40. The van der Waals surface area contributed by atoms with Gasteiger partial charge in [0.2, 0.25) is 5.60 Å². The summed E-state index contributed by atoms with van der Waals surface area (Å²) in [5.74, 6) is -1.66. The molecule has 0 aliphatic carbocycles. The Bertz CT molecular complexity index is 1020. The van der Waals surface area contributed by atoms with Crippen LogP contribution in [-0.4, -0.2) is 38.3 Å². The molecule has 1 aromatic carbocycles. The lowest BCUT2D eigenvalue weighted by molar-refractivity contribution is -0.272. The van der Waals surface area contributed by atoms with Gasteiger partial charge in [0, 0.05) is 43.3 Å². The van der Waals surface area contributed by atoms with Crippen molar-refractivity contribution in [2.75, 3.05) is 6.54 Å². The molecule has 28 heavy (non-hydrogen) atoms. The third kappa shape index (κ3) is 3.35. The largest absolute Gasteiger partial charge is 0.424 e. The Hall–Kier alpha value is -2.88. The molecule has 0 saturated heterocycles. The highest BCUT2D eigenvalue weighted by atomic mass is 19.4. The van der Waals surface area contributed by atoms with E-state index in [9.17, 15) is 27.5 Å². The van der Waals surface area contributed by atoms with Gasteiger partial charge in [0.1, 0.15) is 17.3 Å². The Kier molecular flexibility index (Phi) is 4.92. The van der Waals surface area contributed by atoms with Crippen molar-refractivity contribution in [1.29, 1.82) is 0 Å². The van der Waals surface area contributed by atoms with Crippen molar-refractivity contribution in [2.45, 2.75) is 25.1 Å². The van der Waals surface area contributed by atoms with E-state index in [2.05, 4.69) is 15.3 Å². The number of hydrogen-bond acceptors (Lipinski definition) is 3. The molecule has 0 fully saturated rings. The van der Waals surface area contributed by atoms with E-state index in [0.717, 1.165) is 10.8 Å². The zero-order valence-corrected chi connectivity index (χ0v) is 15.1. The molecule has 2 aromatic heterocycles. The normalized spacial score (nSPS) is 14.2. The van der Waals surface area contributed by atoms with Crippen molar-refractivity contribution in [3.05, 3.63) is 53.5 Å². The van der Waals surface area contributed by atoms with E-state index in [1.165, 1.54) is 31.4 Å². The second-order valence-electron chi connectivity index (χ2n) is 6.54. The number of fused-ring (bicyclic) bond motifs is 1. The van der Waals surface area contributed by atoms with Gasteiger partial charge >= 0.3 is 6.18 Å². The second kappa shape index (κ2) is 6.93. The number of aliphatic hydroxyl groups is 1. The van der Waals surface area contributed by atoms with Crippen LogP contribution in [0.25, 0.3) is 10.9 Å². The molecule has 1 atom stereocenters. The molecule has 10 heteroatoms. The average Bonchev–Trinajstić information content (AvgIpc) is 3.24. The Labute approximate surface area is 157 Å². The van der Waals surface area contributed by atoms with Gasteiger partial charge in [-0.05, 0) is 30.7 Å². The smallest absolute Gasteiger partial charge is 0.374 e. The molecule has 0 aliphatic rings. The molecule has 6 nitrogen and oxygen atoms in total. The number of aromatic amines is 1. The lowest BCUT2D eigenvalue weighted by atomic mass is 9.97. The van der Waals surface area contributed by atoms with Crippen molar-refractivity contribution < 1.29 is 27.5 Å². The van der Waals surface area contributed by atoms with Crippen LogP contribution in [0.3, 0.4) is 0 Å². The number of nitrogens with one attached hydrogen (secondary N) is 2. The fourth-order valence-electron chi connectivity index (χ4n) is 3.04. The molecule has 0 aliphatic heterocycles. The minimum absolute atomic E-state index is 0.0799. The monoisotopic (exact) mass is 398 g/mol. The quantitative estimate of drug-likeness (QED) is 0.578. The molecule has 2 heterocycles. The fraction of sp³-hybridized carbons (Fsp3) is 0.333. The van der Waals surface area contributed by atoms with E-state index >= 15 is 0 Å². The third-order valence-corrected chi connectivity index (χ3v) is 4.68. The minimum atomic E-state index is -4.98. The number of carbonyl (C=O) groups is 1. The van der Waals surface area contributed by atoms with E-state index in [4.69, 9.17) is 0 Å². The van der Waals surface area contributed by atoms with Crippen LogP contribution in [0.15, 0.2) is 30.6 Å². The predicted molar refractivity (Wildman–Crippen MR) is 93.1 cm³/mol. The number of carbonyl (C=O) groups excluding carboxylic acids is 1. The SMILES string of the molecule is Cc1c(F)ccc2[nH]c(C(=O)NCCC(O)(c3nccn3C)C(F)(F)F)cc12. The van der Waals surface area contributed by atoms with Crippen LogP contribution in [0.4, 0.5) is 17.6 Å². The van der Waals surface area contributed by atoms with Crippen molar-refractivity contribution in [3.63, 3.8) is 0 Å². The first-order valence-corrected chi connectivity index (χ1v) is 8.37. The highest BCUT2D eigenvalue weighted by Gasteiger charge is 2.57. The molecular formula is C18H18F4N4O2. The number of rotatable bonds is 5. The average molecular weight is 398 g/mol. The van der Waals surface area contributed by atoms with Gasteiger partial charge in [-0.25, -0.2) is 9.37 Å². The van der Waals surface area contributed by atoms with Gasteiger partial charge in [0.25, 0.3) is 5.91 Å². The van der Waals surface area contributed by atoms with Crippen LogP contribution >= 0.6 is 0 Å². The summed E-state index contributed by atoms with van der Waals surface area (Å²) in [5, 5.41) is 13.1. The Morgan fingerprint density at radius 3 is 2.68 bits per heavy atom. The first-order valence-electron chi connectivity index (χ1n) is 8.37. The lowest BCUT2D eigenvalue weighted by Gasteiger charge is -2.29. The summed E-state index contributed by atoms with van der Waals surface area (Å²) >= 11 is 0. The van der Waals surface area contributed by atoms with Gasteiger partial charge in [0.15, 0.2) is 0 Å². The van der Waals surface area contributed by atoms with Crippen molar-refractivity contribution in [2.24, 2.45) is 7.05 Å². The summed E-state index contributed by atoms with van der Waals surface area (Å²) in [6.45, 7) is 1.11. The number of hydrogen-bond donors (Lipinski definition) is 3. The van der Waals surface area contributed by atoms with Crippen molar-refractivity contribution >= 4 is 16.8 Å². The van der Waals surface area contributed by atoms with Crippen LogP contribution in [0, 0.1) is 12.7 Å². The first kappa shape index (κ1) is 19.9. The van der Waals surface area contributed by atoms with E-state index < -0.39 is 42.3 Å². The summed E-state index contributed by atoms with van der Waals surface area (Å²) in [6, 6.07) is 4.15. The predicted octanol–water partition coefficient (Wildman–Crippen LogP) is 2.92. The number of H-pyrrole nitrogens is 1. The molecule has 0 spiro atoms. The first-order chi connectivity index (χ1) is 13.0. The van der Waals surface area contributed by atoms with E-state index in [0.29, 0.717) is 16.5 Å². The standard InChI is InChI=1S/C18H18F4N4O2/c1-10-11-9-14(25-13(11)4-3-12(10)19)15(27)23-6-5-17(28,18(20,21)22)16-24-7-8-26(16)2/h3-4,7-9,25,28H,5-6H2,1-2H3,(H,23,27). The topological polar surface area (TPSA) is 82.9 Å². The lowest BCUT2D eigenvalue weighted by Crippen LogP contribution is -2.46. The van der Waals surface area contributed by atoms with Crippen LogP contribution in [0.5, 0.6) is 0 Å². The van der Waals surface area contributed by atoms with Gasteiger partial charge in [-0.3, -0.25) is 4.79 Å². The summed E-state index contributed by atoms with van der Waals surface area (Å²) < 4.78 is 55.1. The van der Waals surface area contributed by atoms with Crippen LogP contribution in [0.1, 0.15) is 28.3 Å².